The van der Waals surface area contributed by atoms with E-state index in [9.17, 15) is 22.4 Å². The second kappa shape index (κ2) is 9.86. The SMILES string of the molecule is CC(C)(C)OC(=O)N1CCN[C@@H](C(=O)ONS(=O)(=O)c2ccc(-c3ccc(F)cc3)cc2)C1. The van der Waals surface area contributed by atoms with Crippen molar-refractivity contribution in [2.45, 2.75) is 37.3 Å². The van der Waals surface area contributed by atoms with Crippen LogP contribution in [0.4, 0.5) is 9.18 Å². The average Bonchev–Trinajstić information content (AvgIpc) is 2.77. The first-order valence-electron chi connectivity index (χ1n) is 10.2. The van der Waals surface area contributed by atoms with Crippen molar-refractivity contribution >= 4 is 22.1 Å². The molecule has 2 aromatic rings. The molecule has 1 aliphatic heterocycles. The summed E-state index contributed by atoms with van der Waals surface area (Å²) in [5, 5.41) is 2.89. The summed E-state index contributed by atoms with van der Waals surface area (Å²) in [5.74, 6) is -1.25. The third kappa shape index (κ3) is 6.73. The Labute approximate surface area is 191 Å². The van der Waals surface area contributed by atoms with Crippen LogP contribution in [0.1, 0.15) is 20.8 Å². The molecule has 11 heteroatoms. The minimum Gasteiger partial charge on any atom is -0.444 e. The van der Waals surface area contributed by atoms with Crippen molar-refractivity contribution in [1.82, 2.24) is 15.1 Å². The number of amides is 1. The van der Waals surface area contributed by atoms with E-state index in [0.29, 0.717) is 18.7 Å². The number of sulfonamides is 1. The molecule has 1 aliphatic rings. The summed E-state index contributed by atoms with van der Waals surface area (Å²) in [6, 6.07) is 10.7. The van der Waals surface area contributed by atoms with Crippen LogP contribution in [0.2, 0.25) is 0 Å². The van der Waals surface area contributed by atoms with Gasteiger partial charge in [-0.1, -0.05) is 24.3 Å². The number of halogens is 1. The highest BCUT2D eigenvalue weighted by atomic mass is 32.2. The Morgan fingerprint density at radius 2 is 1.64 bits per heavy atom. The molecule has 9 nitrogen and oxygen atoms in total. The molecule has 33 heavy (non-hydrogen) atoms. The topological polar surface area (TPSA) is 114 Å². The smallest absolute Gasteiger partial charge is 0.410 e. The molecule has 2 N–H and O–H groups in total. The van der Waals surface area contributed by atoms with Crippen molar-refractivity contribution in [3.05, 3.63) is 54.3 Å². The van der Waals surface area contributed by atoms with Gasteiger partial charge in [-0.25, -0.2) is 22.4 Å². The number of hydrogen-bond donors (Lipinski definition) is 2. The van der Waals surface area contributed by atoms with Crippen LogP contribution in [0.3, 0.4) is 0 Å². The van der Waals surface area contributed by atoms with E-state index in [4.69, 9.17) is 9.57 Å². The Kier molecular flexibility index (Phi) is 7.35. The first-order valence-corrected chi connectivity index (χ1v) is 11.7. The number of benzene rings is 2. The van der Waals surface area contributed by atoms with Crippen LogP contribution < -0.4 is 10.2 Å². The lowest BCUT2D eigenvalue weighted by Gasteiger charge is -2.33. The van der Waals surface area contributed by atoms with E-state index in [1.54, 1.807) is 45.0 Å². The summed E-state index contributed by atoms with van der Waals surface area (Å²) in [6.45, 7) is 5.84. The van der Waals surface area contributed by atoms with Gasteiger partial charge in [-0.15, -0.1) is 0 Å². The number of ether oxygens (including phenoxy) is 1. The lowest BCUT2D eigenvalue weighted by atomic mass is 10.1. The molecule has 0 aromatic heterocycles. The second-order valence-corrected chi connectivity index (χ2v) is 10.1. The first-order chi connectivity index (χ1) is 15.4. The second-order valence-electron chi connectivity index (χ2n) is 8.47. The fraction of sp³-hybridized carbons (Fsp3) is 0.364. The molecule has 1 amide bonds. The van der Waals surface area contributed by atoms with Gasteiger partial charge < -0.3 is 19.8 Å². The van der Waals surface area contributed by atoms with Crippen molar-refractivity contribution in [1.29, 1.82) is 0 Å². The predicted octanol–water partition coefficient (Wildman–Crippen LogP) is 2.44. The lowest BCUT2D eigenvalue weighted by molar-refractivity contribution is -0.150. The van der Waals surface area contributed by atoms with Gasteiger partial charge in [-0.05, 0) is 61.0 Å². The van der Waals surface area contributed by atoms with Gasteiger partial charge in [0.2, 0.25) is 0 Å². The number of piperazine rings is 1. The molecule has 1 fully saturated rings. The standard InChI is InChI=1S/C22H26FN3O6S/c1-22(2,3)31-21(28)26-13-12-24-19(14-26)20(27)32-25-33(29,30)18-10-6-16(7-11-18)15-4-8-17(23)9-5-15/h4-11,19,24-25H,12-14H2,1-3H3/t19-/m1/s1. The molecule has 0 aliphatic carbocycles. The molecule has 1 atom stereocenters. The molecule has 2 aromatic carbocycles. The number of rotatable bonds is 5. The first kappa shape index (κ1) is 24.6. The Bertz CT molecular complexity index is 1100. The Hall–Kier alpha value is -3.02. The molecule has 178 valence electrons. The maximum absolute atomic E-state index is 13.1. The molecule has 0 spiro atoms. The Balaban J connectivity index is 1.58. The van der Waals surface area contributed by atoms with Crippen molar-refractivity contribution in [2.75, 3.05) is 19.6 Å². The normalized spacial score (nSPS) is 16.8. The van der Waals surface area contributed by atoms with Gasteiger partial charge in [0.1, 0.15) is 17.5 Å². The van der Waals surface area contributed by atoms with Crippen LogP contribution in [-0.4, -0.2) is 56.7 Å². The molecular formula is C22H26FN3O6S. The minimum atomic E-state index is -4.14. The molecule has 0 saturated carbocycles. The highest BCUT2D eigenvalue weighted by molar-refractivity contribution is 7.89. The summed E-state index contributed by atoms with van der Waals surface area (Å²) >= 11 is 0. The van der Waals surface area contributed by atoms with E-state index in [1.165, 1.54) is 29.2 Å². The van der Waals surface area contributed by atoms with Crippen molar-refractivity contribution in [3.8, 4) is 11.1 Å². The summed E-state index contributed by atoms with van der Waals surface area (Å²) in [7, 11) is -4.14. The van der Waals surface area contributed by atoms with Gasteiger partial charge in [-0.2, -0.15) is 0 Å². The van der Waals surface area contributed by atoms with Gasteiger partial charge in [-0.3, -0.25) is 0 Å². The predicted molar refractivity (Wildman–Crippen MR) is 118 cm³/mol. The molecule has 0 unspecified atom stereocenters. The van der Waals surface area contributed by atoms with E-state index < -0.39 is 33.7 Å². The van der Waals surface area contributed by atoms with Crippen molar-refractivity contribution < 1.29 is 32.0 Å². The van der Waals surface area contributed by atoms with Gasteiger partial charge in [0.15, 0.2) is 0 Å². The van der Waals surface area contributed by atoms with Crippen molar-refractivity contribution in [3.63, 3.8) is 0 Å². The largest absolute Gasteiger partial charge is 0.444 e. The van der Waals surface area contributed by atoms with Crippen LogP contribution in [0.25, 0.3) is 11.1 Å². The van der Waals surface area contributed by atoms with Crippen molar-refractivity contribution in [2.24, 2.45) is 0 Å². The number of carbonyl (C=O) groups excluding carboxylic acids is 2. The van der Waals surface area contributed by atoms with Crippen LogP contribution in [0.5, 0.6) is 0 Å². The van der Waals surface area contributed by atoms with Crippen LogP contribution in [0.15, 0.2) is 53.4 Å². The van der Waals surface area contributed by atoms with Crippen LogP contribution in [0, 0.1) is 5.82 Å². The van der Waals surface area contributed by atoms with Gasteiger partial charge in [0.05, 0.1) is 11.4 Å². The molecule has 3 rings (SSSR count). The fourth-order valence-corrected chi connectivity index (χ4v) is 3.87. The van der Waals surface area contributed by atoms with Crippen LogP contribution in [-0.2, 0) is 24.4 Å². The van der Waals surface area contributed by atoms with E-state index >= 15 is 0 Å². The van der Waals surface area contributed by atoms with Gasteiger partial charge >= 0.3 is 12.1 Å². The Morgan fingerprint density at radius 1 is 1.06 bits per heavy atom. The van der Waals surface area contributed by atoms with Crippen LogP contribution >= 0.6 is 0 Å². The number of nitrogens with one attached hydrogen (secondary N) is 2. The lowest BCUT2D eigenvalue weighted by Crippen LogP contribution is -2.57. The van der Waals surface area contributed by atoms with E-state index in [-0.39, 0.29) is 17.3 Å². The Morgan fingerprint density at radius 3 is 2.21 bits per heavy atom. The number of carbonyl (C=O) groups is 2. The van der Waals surface area contributed by atoms with E-state index in [2.05, 4.69) is 5.32 Å². The van der Waals surface area contributed by atoms with Gasteiger partial charge in [0, 0.05) is 13.1 Å². The molecule has 0 bridgehead atoms. The fourth-order valence-electron chi connectivity index (χ4n) is 3.08. The summed E-state index contributed by atoms with van der Waals surface area (Å²) < 4.78 is 43.4. The maximum atomic E-state index is 13.1. The third-order valence-electron chi connectivity index (χ3n) is 4.71. The quantitative estimate of drug-likeness (QED) is 0.633. The molecule has 1 saturated heterocycles. The average molecular weight is 480 g/mol. The summed E-state index contributed by atoms with van der Waals surface area (Å²) in [4.78, 5) is 32.5. The zero-order valence-corrected chi connectivity index (χ0v) is 19.3. The molecule has 0 radical (unpaired) electrons. The minimum absolute atomic E-state index is 0.0260. The molecular weight excluding hydrogens is 453 g/mol. The zero-order valence-electron chi connectivity index (χ0n) is 18.5. The molecule has 1 heterocycles. The van der Waals surface area contributed by atoms with E-state index in [0.717, 1.165) is 5.56 Å². The number of hydrogen-bond acceptors (Lipinski definition) is 7. The monoisotopic (exact) mass is 479 g/mol. The zero-order chi connectivity index (χ0) is 24.2. The van der Waals surface area contributed by atoms with Gasteiger partial charge in [0.25, 0.3) is 10.0 Å². The maximum Gasteiger partial charge on any atom is 0.410 e. The third-order valence-corrected chi connectivity index (χ3v) is 5.90. The summed E-state index contributed by atoms with van der Waals surface area (Å²) in [5.41, 5.74) is 0.733. The highest BCUT2D eigenvalue weighted by Gasteiger charge is 2.32. The summed E-state index contributed by atoms with van der Waals surface area (Å²) in [6.07, 6.45) is -0.566. The number of nitrogens with zero attached hydrogens (tertiary/aromatic N) is 1. The highest BCUT2D eigenvalue weighted by Crippen LogP contribution is 2.21. The van der Waals surface area contributed by atoms with E-state index in [1.807, 2.05) is 4.89 Å².